The predicted molar refractivity (Wildman–Crippen MR) is 106 cm³/mol. The molecule has 1 aliphatic rings. The fourth-order valence-corrected chi connectivity index (χ4v) is 6.63. The summed E-state index contributed by atoms with van der Waals surface area (Å²) >= 11 is 5.88. The molecule has 0 amide bonds. The van der Waals surface area contributed by atoms with E-state index >= 15 is 0 Å². The van der Waals surface area contributed by atoms with Gasteiger partial charge in [-0.3, -0.25) is 4.79 Å². The van der Waals surface area contributed by atoms with Crippen molar-refractivity contribution in [3.63, 3.8) is 0 Å². The molecule has 0 aliphatic heterocycles. The van der Waals surface area contributed by atoms with Gasteiger partial charge in [-0.05, 0) is 67.6 Å². The van der Waals surface area contributed by atoms with Crippen LogP contribution in [0.3, 0.4) is 0 Å². The number of rotatable bonds is 6. The molecule has 0 saturated heterocycles. The van der Waals surface area contributed by atoms with Gasteiger partial charge in [0.25, 0.3) is 0 Å². The first-order valence-electron chi connectivity index (χ1n) is 9.33. The summed E-state index contributed by atoms with van der Waals surface area (Å²) in [6.07, 6.45) is 1.44. The molecule has 1 fully saturated rings. The molecular weight excluding hydrogens is 422 g/mol. The molecule has 1 N–H and O–H groups in total. The van der Waals surface area contributed by atoms with E-state index in [9.17, 15) is 22.0 Å². The average Bonchev–Trinajstić information content (AvgIpc) is 2.68. The molecule has 156 valence electrons. The number of hydrogen-bond donors (Lipinski definition) is 1. The Hall–Kier alpha value is -1.99. The third-order valence-corrected chi connectivity index (χ3v) is 8.40. The van der Waals surface area contributed by atoms with E-state index in [0.717, 1.165) is 18.2 Å². The Balaban J connectivity index is 2.15. The standard InChI is InChI=1S/C21H21ClF2O4S/c22-15-4-7-17(8-5-15)29(27,28)21(18-12-16(23)6-9-19(18)24)11-1-2-14(13-21)3-10-20(25)26/h4-9,12,14H,1-3,10-11,13H2,(H,25,26)/t14-,21+/m1/s1. The summed E-state index contributed by atoms with van der Waals surface area (Å²) in [7, 11) is -4.12. The molecule has 0 aromatic heterocycles. The average molecular weight is 443 g/mol. The quantitative estimate of drug-likeness (QED) is 0.655. The van der Waals surface area contributed by atoms with Gasteiger partial charge in [0.15, 0.2) is 9.84 Å². The Morgan fingerprint density at radius 2 is 1.86 bits per heavy atom. The smallest absolute Gasteiger partial charge is 0.303 e. The van der Waals surface area contributed by atoms with Crippen LogP contribution in [0, 0.1) is 17.6 Å². The zero-order valence-corrected chi connectivity index (χ0v) is 17.1. The first-order chi connectivity index (χ1) is 13.7. The molecule has 8 heteroatoms. The molecule has 0 radical (unpaired) electrons. The van der Waals surface area contributed by atoms with Gasteiger partial charge in [-0.25, -0.2) is 17.2 Å². The Morgan fingerprint density at radius 1 is 1.17 bits per heavy atom. The number of halogens is 3. The predicted octanol–water partition coefficient (Wildman–Crippen LogP) is 5.34. The lowest BCUT2D eigenvalue weighted by molar-refractivity contribution is -0.137. The Morgan fingerprint density at radius 3 is 2.52 bits per heavy atom. The second kappa shape index (κ2) is 8.40. The topological polar surface area (TPSA) is 71.4 Å². The molecule has 0 spiro atoms. The zero-order valence-electron chi connectivity index (χ0n) is 15.6. The molecule has 4 nitrogen and oxygen atoms in total. The van der Waals surface area contributed by atoms with Crippen LogP contribution in [0.1, 0.15) is 44.1 Å². The van der Waals surface area contributed by atoms with Gasteiger partial charge >= 0.3 is 5.97 Å². The van der Waals surface area contributed by atoms with Crippen LogP contribution < -0.4 is 0 Å². The van der Waals surface area contributed by atoms with Crippen molar-refractivity contribution in [3.05, 3.63) is 64.7 Å². The van der Waals surface area contributed by atoms with Crippen molar-refractivity contribution in [2.75, 3.05) is 0 Å². The summed E-state index contributed by atoms with van der Waals surface area (Å²) in [4.78, 5) is 11.0. The zero-order chi connectivity index (χ0) is 21.2. The number of sulfone groups is 1. The van der Waals surface area contributed by atoms with Crippen LogP contribution in [0.5, 0.6) is 0 Å². The van der Waals surface area contributed by atoms with E-state index in [1.165, 1.54) is 24.3 Å². The first kappa shape index (κ1) is 21.7. The van der Waals surface area contributed by atoms with Crippen LogP contribution in [0.15, 0.2) is 47.4 Å². The molecular formula is C21H21ClF2O4S. The highest BCUT2D eigenvalue weighted by molar-refractivity contribution is 7.92. The number of carboxylic acid groups (broad SMARTS) is 1. The lowest BCUT2D eigenvalue weighted by atomic mass is 9.75. The van der Waals surface area contributed by atoms with Gasteiger partial charge in [-0.15, -0.1) is 0 Å². The minimum absolute atomic E-state index is 0.0237. The minimum Gasteiger partial charge on any atom is -0.481 e. The van der Waals surface area contributed by atoms with Gasteiger partial charge in [0.1, 0.15) is 16.4 Å². The lowest BCUT2D eigenvalue weighted by Gasteiger charge is -2.41. The van der Waals surface area contributed by atoms with Crippen LogP contribution in [0.2, 0.25) is 5.02 Å². The fraction of sp³-hybridized carbons (Fsp3) is 0.381. The fourth-order valence-electron chi connectivity index (χ4n) is 4.24. The molecule has 0 unspecified atom stereocenters. The summed E-state index contributed by atoms with van der Waals surface area (Å²) in [6.45, 7) is 0. The highest BCUT2D eigenvalue weighted by Crippen LogP contribution is 2.50. The van der Waals surface area contributed by atoms with Crippen LogP contribution in [0.4, 0.5) is 8.78 Å². The molecule has 1 aliphatic carbocycles. The van der Waals surface area contributed by atoms with Crippen LogP contribution >= 0.6 is 11.6 Å². The van der Waals surface area contributed by atoms with Gasteiger partial charge in [-0.2, -0.15) is 0 Å². The number of aliphatic carboxylic acids is 1. The summed E-state index contributed by atoms with van der Waals surface area (Å²) in [5.41, 5.74) is -0.201. The normalized spacial score (nSPS) is 22.4. The number of carbonyl (C=O) groups is 1. The molecule has 2 aromatic carbocycles. The molecule has 1 saturated carbocycles. The van der Waals surface area contributed by atoms with Gasteiger partial charge in [0.05, 0.1) is 4.90 Å². The van der Waals surface area contributed by atoms with E-state index < -0.39 is 32.2 Å². The largest absolute Gasteiger partial charge is 0.481 e. The molecule has 0 bridgehead atoms. The number of benzene rings is 2. The van der Waals surface area contributed by atoms with E-state index in [4.69, 9.17) is 16.7 Å². The molecule has 2 aromatic rings. The molecule has 3 rings (SSSR count). The summed E-state index contributed by atoms with van der Waals surface area (Å²) in [5.74, 6) is -2.72. The third-order valence-electron chi connectivity index (χ3n) is 5.64. The number of hydrogen-bond acceptors (Lipinski definition) is 3. The lowest BCUT2D eigenvalue weighted by Crippen LogP contribution is -2.41. The highest BCUT2D eigenvalue weighted by atomic mass is 35.5. The van der Waals surface area contributed by atoms with E-state index in [1.807, 2.05) is 0 Å². The molecule has 2 atom stereocenters. The van der Waals surface area contributed by atoms with Crippen molar-refractivity contribution in [1.29, 1.82) is 0 Å². The van der Waals surface area contributed by atoms with E-state index in [-0.39, 0.29) is 42.1 Å². The van der Waals surface area contributed by atoms with Crippen molar-refractivity contribution in [3.8, 4) is 0 Å². The SMILES string of the molecule is O=C(O)CC[C@H]1CCC[C@](c2cc(F)ccc2F)(S(=O)(=O)c2ccc(Cl)cc2)C1. The van der Waals surface area contributed by atoms with Gasteiger partial charge in [-0.1, -0.05) is 24.4 Å². The second-order valence-corrected chi connectivity index (χ2v) is 10.2. The second-order valence-electron chi connectivity index (χ2n) is 7.47. The summed E-state index contributed by atoms with van der Waals surface area (Å²) in [5, 5.41) is 9.35. The minimum atomic E-state index is -4.12. The van der Waals surface area contributed by atoms with E-state index in [0.29, 0.717) is 17.9 Å². The Bertz CT molecular complexity index is 1010. The molecule has 0 heterocycles. The summed E-state index contributed by atoms with van der Waals surface area (Å²) < 4.78 is 54.6. The monoisotopic (exact) mass is 442 g/mol. The first-order valence-corrected chi connectivity index (χ1v) is 11.2. The Kier molecular flexibility index (Phi) is 6.29. The maximum absolute atomic E-state index is 14.8. The van der Waals surface area contributed by atoms with Crippen LogP contribution in [0.25, 0.3) is 0 Å². The van der Waals surface area contributed by atoms with Crippen molar-refractivity contribution in [1.82, 2.24) is 0 Å². The maximum Gasteiger partial charge on any atom is 0.303 e. The van der Waals surface area contributed by atoms with Crippen molar-refractivity contribution < 1.29 is 27.1 Å². The van der Waals surface area contributed by atoms with E-state index in [1.54, 1.807) is 0 Å². The van der Waals surface area contributed by atoms with Gasteiger partial charge in [0.2, 0.25) is 0 Å². The van der Waals surface area contributed by atoms with Crippen LogP contribution in [-0.2, 0) is 19.4 Å². The Labute approximate surface area is 173 Å². The third kappa shape index (κ3) is 4.31. The van der Waals surface area contributed by atoms with Crippen molar-refractivity contribution in [2.45, 2.75) is 48.2 Å². The molecule has 29 heavy (non-hydrogen) atoms. The highest BCUT2D eigenvalue weighted by Gasteiger charge is 2.50. The summed E-state index contributed by atoms with van der Waals surface area (Å²) in [6, 6.07) is 8.43. The van der Waals surface area contributed by atoms with Gasteiger partial charge < -0.3 is 5.11 Å². The number of carboxylic acids is 1. The van der Waals surface area contributed by atoms with E-state index in [2.05, 4.69) is 0 Å². The van der Waals surface area contributed by atoms with Crippen molar-refractivity contribution in [2.24, 2.45) is 5.92 Å². The van der Waals surface area contributed by atoms with Gasteiger partial charge in [0, 0.05) is 17.0 Å². The maximum atomic E-state index is 14.8. The van der Waals surface area contributed by atoms with Crippen molar-refractivity contribution >= 4 is 27.4 Å². The van der Waals surface area contributed by atoms with Crippen LogP contribution in [-0.4, -0.2) is 19.5 Å².